The van der Waals surface area contributed by atoms with Gasteiger partial charge in [-0.25, -0.2) is 4.98 Å². The van der Waals surface area contributed by atoms with E-state index >= 15 is 0 Å². The highest BCUT2D eigenvalue weighted by molar-refractivity contribution is 7.26. The Hall–Kier alpha value is -5.78. The van der Waals surface area contributed by atoms with E-state index in [1.807, 2.05) is 29.5 Å². The molecule has 0 fully saturated rings. The van der Waals surface area contributed by atoms with Gasteiger partial charge < -0.3 is 8.98 Å². The van der Waals surface area contributed by atoms with Crippen LogP contribution >= 0.6 is 11.3 Å². The molecule has 4 nitrogen and oxygen atoms in total. The third-order valence-corrected chi connectivity index (χ3v) is 10.1. The van der Waals surface area contributed by atoms with Gasteiger partial charge in [-0.15, -0.1) is 11.3 Å². The molecule has 10 aromatic rings. The second-order valence-electron chi connectivity index (χ2n) is 11.3. The van der Waals surface area contributed by atoms with Crippen LogP contribution in [0.15, 0.2) is 144 Å². The summed E-state index contributed by atoms with van der Waals surface area (Å²) in [5.41, 5.74) is 7.74. The maximum absolute atomic E-state index is 6.47. The van der Waals surface area contributed by atoms with Crippen molar-refractivity contribution in [3.63, 3.8) is 0 Å². The summed E-state index contributed by atoms with van der Waals surface area (Å²) in [6.45, 7) is 0. The number of rotatable bonds is 3. The fourth-order valence-electron chi connectivity index (χ4n) is 6.93. The van der Waals surface area contributed by atoms with Crippen molar-refractivity contribution < 1.29 is 4.42 Å². The zero-order valence-electron chi connectivity index (χ0n) is 23.9. The summed E-state index contributed by atoms with van der Waals surface area (Å²) >= 11 is 1.81. The van der Waals surface area contributed by atoms with Gasteiger partial charge in [0.2, 0.25) is 5.71 Å². The number of para-hydroxylation sites is 3. The standard InChI is InChI=1S/C40H23N3OS/c1-2-12-24(13-3-1)43-31-20-7-4-15-27(31)35-29(18-11-21-32(35)43)39-41-37(36-28-16-5-8-22-33(28)44-40(36)42-39)30-19-10-17-26-25-14-6-9-23-34(25)45-38(26)30/h1-23H. The van der Waals surface area contributed by atoms with Gasteiger partial charge in [0, 0.05) is 53.1 Å². The molecule has 4 aromatic heterocycles. The molecule has 0 bridgehead atoms. The lowest BCUT2D eigenvalue weighted by Gasteiger charge is -2.10. The first-order chi connectivity index (χ1) is 22.3. The lowest BCUT2D eigenvalue weighted by atomic mass is 10.0. The van der Waals surface area contributed by atoms with E-state index in [4.69, 9.17) is 14.4 Å². The summed E-state index contributed by atoms with van der Waals surface area (Å²) in [5.74, 6) is 0.649. The third-order valence-electron chi connectivity index (χ3n) is 8.85. The molecule has 0 unspecified atom stereocenters. The second kappa shape index (κ2) is 9.36. The molecule has 4 heterocycles. The molecule has 0 saturated heterocycles. The Kier molecular flexibility index (Phi) is 5.12. The predicted octanol–water partition coefficient (Wildman–Crippen LogP) is 11.2. The topological polar surface area (TPSA) is 43.9 Å². The van der Waals surface area contributed by atoms with Crippen molar-refractivity contribution in [1.29, 1.82) is 0 Å². The van der Waals surface area contributed by atoms with Crippen LogP contribution in [0.2, 0.25) is 0 Å². The molecule has 0 aliphatic heterocycles. The summed E-state index contributed by atoms with van der Waals surface area (Å²) in [5, 5.41) is 6.75. The maximum Gasteiger partial charge on any atom is 0.231 e. The third kappa shape index (κ3) is 3.53. The van der Waals surface area contributed by atoms with Gasteiger partial charge in [-0.3, -0.25) is 0 Å². The molecule has 10 rings (SSSR count). The minimum Gasteiger partial charge on any atom is -0.438 e. The lowest BCUT2D eigenvalue weighted by molar-refractivity contribution is 0.653. The van der Waals surface area contributed by atoms with Crippen molar-refractivity contribution >= 4 is 75.4 Å². The van der Waals surface area contributed by atoms with Crippen molar-refractivity contribution in [2.75, 3.05) is 0 Å². The molecular weight excluding hydrogens is 571 g/mol. The SMILES string of the molecule is c1ccc(-n2c3ccccc3c3c(-c4nc(-c5cccc6c5sc5ccccc56)c5c(n4)oc4ccccc45)cccc32)cc1. The number of benzene rings is 6. The number of hydrogen-bond acceptors (Lipinski definition) is 4. The van der Waals surface area contributed by atoms with Crippen LogP contribution in [0.25, 0.3) is 92.4 Å². The fourth-order valence-corrected chi connectivity index (χ4v) is 8.15. The molecule has 0 aliphatic rings. The van der Waals surface area contributed by atoms with Gasteiger partial charge in [0.25, 0.3) is 0 Å². The number of furan rings is 1. The van der Waals surface area contributed by atoms with Crippen LogP contribution in [-0.4, -0.2) is 14.5 Å². The van der Waals surface area contributed by atoms with E-state index in [9.17, 15) is 0 Å². The van der Waals surface area contributed by atoms with Gasteiger partial charge in [0.05, 0.1) is 22.1 Å². The summed E-state index contributed by atoms with van der Waals surface area (Å²) < 4.78 is 11.3. The predicted molar refractivity (Wildman–Crippen MR) is 187 cm³/mol. The van der Waals surface area contributed by atoms with Crippen molar-refractivity contribution in [2.24, 2.45) is 0 Å². The first-order valence-corrected chi connectivity index (χ1v) is 15.8. The largest absolute Gasteiger partial charge is 0.438 e. The Labute approximate surface area is 261 Å². The van der Waals surface area contributed by atoms with Crippen molar-refractivity contribution in [2.45, 2.75) is 0 Å². The number of hydrogen-bond donors (Lipinski definition) is 0. The number of nitrogens with zero attached hydrogens (tertiary/aromatic N) is 3. The summed E-state index contributed by atoms with van der Waals surface area (Å²) in [6.07, 6.45) is 0. The van der Waals surface area contributed by atoms with Crippen LogP contribution in [-0.2, 0) is 0 Å². The van der Waals surface area contributed by atoms with E-state index in [1.54, 1.807) is 0 Å². The molecule has 0 atom stereocenters. The van der Waals surface area contributed by atoms with Crippen molar-refractivity contribution in [3.8, 4) is 28.3 Å². The second-order valence-corrected chi connectivity index (χ2v) is 12.4. The van der Waals surface area contributed by atoms with Crippen LogP contribution in [0.1, 0.15) is 0 Å². The number of thiophene rings is 1. The van der Waals surface area contributed by atoms with Crippen LogP contribution in [0.4, 0.5) is 0 Å². The molecule has 0 N–H and O–H groups in total. The van der Waals surface area contributed by atoms with E-state index in [0.29, 0.717) is 11.5 Å². The highest BCUT2D eigenvalue weighted by Gasteiger charge is 2.23. The highest BCUT2D eigenvalue weighted by atomic mass is 32.1. The maximum atomic E-state index is 6.47. The monoisotopic (exact) mass is 593 g/mol. The van der Waals surface area contributed by atoms with E-state index in [-0.39, 0.29) is 0 Å². The highest BCUT2D eigenvalue weighted by Crippen LogP contribution is 2.44. The average molecular weight is 594 g/mol. The van der Waals surface area contributed by atoms with E-state index in [2.05, 4.69) is 126 Å². The van der Waals surface area contributed by atoms with E-state index in [0.717, 1.165) is 60.7 Å². The Bertz CT molecular complexity index is 2770. The van der Waals surface area contributed by atoms with Gasteiger partial charge in [0.1, 0.15) is 5.58 Å². The smallest absolute Gasteiger partial charge is 0.231 e. The van der Waals surface area contributed by atoms with Crippen molar-refractivity contribution in [1.82, 2.24) is 14.5 Å². The van der Waals surface area contributed by atoms with Crippen LogP contribution in [0.5, 0.6) is 0 Å². The van der Waals surface area contributed by atoms with Gasteiger partial charge in [0.15, 0.2) is 5.82 Å². The first kappa shape index (κ1) is 24.6. The van der Waals surface area contributed by atoms with Crippen LogP contribution in [0.3, 0.4) is 0 Å². The van der Waals surface area contributed by atoms with Gasteiger partial charge >= 0.3 is 0 Å². The molecule has 0 spiro atoms. The molecule has 0 saturated carbocycles. The molecule has 45 heavy (non-hydrogen) atoms. The summed E-state index contributed by atoms with van der Waals surface area (Å²) in [7, 11) is 0. The van der Waals surface area contributed by atoms with Gasteiger partial charge in [-0.2, -0.15) is 4.98 Å². The Balaban J connectivity index is 1.33. The minimum atomic E-state index is 0.595. The van der Waals surface area contributed by atoms with Crippen LogP contribution in [0, 0.1) is 0 Å². The first-order valence-electron chi connectivity index (χ1n) is 15.0. The van der Waals surface area contributed by atoms with Crippen molar-refractivity contribution in [3.05, 3.63) is 140 Å². The van der Waals surface area contributed by atoms with Gasteiger partial charge in [-0.1, -0.05) is 103 Å². The van der Waals surface area contributed by atoms with E-state index in [1.165, 1.54) is 20.2 Å². The Morgan fingerprint density at radius 2 is 1.20 bits per heavy atom. The minimum absolute atomic E-state index is 0.595. The zero-order chi connectivity index (χ0) is 29.5. The molecule has 0 amide bonds. The fraction of sp³-hybridized carbons (Fsp3) is 0. The molecule has 210 valence electrons. The van der Waals surface area contributed by atoms with Gasteiger partial charge in [-0.05, 0) is 36.4 Å². The molecule has 6 aromatic carbocycles. The normalized spacial score (nSPS) is 12.0. The van der Waals surface area contributed by atoms with E-state index < -0.39 is 0 Å². The molecule has 5 heteroatoms. The Morgan fingerprint density at radius 1 is 0.511 bits per heavy atom. The zero-order valence-corrected chi connectivity index (χ0v) is 24.8. The molecule has 0 aliphatic carbocycles. The van der Waals surface area contributed by atoms with Crippen LogP contribution < -0.4 is 0 Å². The average Bonchev–Trinajstić information content (AvgIpc) is 3.77. The summed E-state index contributed by atoms with van der Waals surface area (Å²) in [6, 6.07) is 48.8. The lowest BCUT2D eigenvalue weighted by Crippen LogP contribution is -1.95. The number of aromatic nitrogens is 3. The molecular formula is C40H23N3OS. The summed E-state index contributed by atoms with van der Waals surface area (Å²) in [4.78, 5) is 10.6. The Morgan fingerprint density at radius 3 is 2.11 bits per heavy atom. The molecule has 0 radical (unpaired) electrons. The quantitative estimate of drug-likeness (QED) is 0.205. The number of fused-ring (bicyclic) bond motifs is 9.